The van der Waals surface area contributed by atoms with Crippen molar-refractivity contribution in [3.05, 3.63) is 29.8 Å². The second-order valence-corrected chi connectivity index (χ2v) is 5.85. The predicted molar refractivity (Wildman–Crippen MR) is 92.2 cm³/mol. The van der Waals surface area contributed by atoms with Gasteiger partial charge in [-0.25, -0.2) is 0 Å². The third-order valence-corrected chi connectivity index (χ3v) is 3.91. The van der Waals surface area contributed by atoms with Gasteiger partial charge in [0.2, 0.25) is 0 Å². The van der Waals surface area contributed by atoms with Crippen LogP contribution in [0.3, 0.4) is 0 Å². The summed E-state index contributed by atoms with van der Waals surface area (Å²) in [6, 6.07) is 7.65. The molecule has 1 aromatic rings. The van der Waals surface area contributed by atoms with E-state index in [1.807, 2.05) is 24.3 Å². The molecular weight excluding hydrogens is 258 g/mol. The monoisotopic (exact) mass is 289 g/mol. The van der Waals surface area contributed by atoms with Crippen LogP contribution in [0.4, 0.5) is 5.69 Å². The van der Waals surface area contributed by atoms with Crippen molar-refractivity contribution in [2.75, 3.05) is 11.9 Å². The molecule has 2 nitrogen and oxygen atoms in total. The Hall–Kier alpha value is -1.31. The SMILES string of the molecule is CCCCCCCCCCCCNc1ccc(C=O)cc1. The third-order valence-electron chi connectivity index (χ3n) is 3.91. The zero-order chi connectivity index (χ0) is 15.2. The molecule has 21 heavy (non-hydrogen) atoms. The topological polar surface area (TPSA) is 29.1 Å². The summed E-state index contributed by atoms with van der Waals surface area (Å²) in [5.74, 6) is 0. The van der Waals surface area contributed by atoms with Gasteiger partial charge < -0.3 is 5.32 Å². The zero-order valence-electron chi connectivity index (χ0n) is 13.6. The molecule has 0 atom stereocenters. The summed E-state index contributed by atoms with van der Waals surface area (Å²) in [6.07, 6.45) is 14.6. The zero-order valence-corrected chi connectivity index (χ0v) is 13.6. The summed E-state index contributed by atoms with van der Waals surface area (Å²) < 4.78 is 0. The first-order chi connectivity index (χ1) is 10.4. The van der Waals surface area contributed by atoms with E-state index in [4.69, 9.17) is 0 Å². The molecule has 0 aliphatic rings. The fourth-order valence-corrected chi connectivity index (χ4v) is 2.52. The van der Waals surface area contributed by atoms with Crippen molar-refractivity contribution in [3.63, 3.8) is 0 Å². The van der Waals surface area contributed by atoms with Gasteiger partial charge in [0.15, 0.2) is 0 Å². The van der Waals surface area contributed by atoms with Crippen LogP contribution in [0.15, 0.2) is 24.3 Å². The molecule has 0 saturated heterocycles. The van der Waals surface area contributed by atoms with Crippen molar-refractivity contribution in [3.8, 4) is 0 Å². The Labute approximate surface area is 130 Å². The van der Waals surface area contributed by atoms with Crippen molar-refractivity contribution in [2.45, 2.75) is 71.1 Å². The van der Waals surface area contributed by atoms with Crippen LogP contribution in [0.2, 0.25) is 0 Å². The van der Waals surface area contributed by atoms with Gasteiger partial charge in [0.1, 0.15) is 6.29 Å². The fourth-order valence-electron chi connectivity index (χ4n) is 2.52. The minimum atomic E-state index is 0.736. The van der Waals surface area contributed by atoms with E-state index in [1.165, 1.54) is 64.2 Å². The summed E-state index contributed by atoms with van der Waals surface area (Å²) in [5, 5.41) is 3.41. The van der Waals surface area contributed by atoms with Gasteiger partial charge in [-0.3, -0.25) is 4.79 Å². The molecule has 0 radical (unpaired) electrons. The number of rotatable bonds is 13. The summed E-state index contributed by atoms with van der Waals surface area (Å²) >= 11 is 0. The van der Waals surface area contributed by atoms with Crippen LogP contribution in [0.25, 0.3) is 0 Å². The number of aldehydes is 1. The molecule has 1 N–H and O–H groups in total. The molecule has 0 heterocycles. The van der Waals surface area contributed by atoms with Crippen LogP contribution in [0, 0.1) is 0 Å². The fraction of sp³-hybridized carbons (Fsp3) is 0.632. The van der Waals surface area contributed by atoms with Crippen LogP contribution in [-0.2, 0) is 0 Å². The van der Waals surface area contributed by atoms with Crippen molar-refractivity contribution in [2.24, 2.45) is 0 Å². The maximum atomic E-state index is 10.6. The van der Waals surface area contributed by atoms with Gasteiger partial charge in [0, 0.05) is 17.8 Å². The molecule has 0 bridgehead atoms. The highest BCUT2D eigenvalue weighted by atomic mass is 16.1. The summed E-state index contributed by atoms with van der Waals surface area (Å²) in [6.45, 7) is 3.29. The lowest BCUT2D eigenvalue weighted by molar-refractivity contribution is 0.112. The smallest absolute Gasteiger partial charge is 0.150 e. The second-order valence-electron chi connectivity index (χ2n) is 5.85. The first-order valence-electron chi connectivity index (χ1n) is 8.66. The Balaban J connectivity index is 1.89. The summed E-state index contributed by atoms with van der Waals surface area (Å²) in [5.41, 5.74) is 1.84. The minimum absolute atomic E-state index is 0.736. The number of hydrogen-bond donors (Lipinski definition) is 1. The van der Waals surface area contributed by atoms with Gasteiger partial charge in [0.25, 0.3) is 0 Å². The van der Waals surface area contributed by atoms with E-state index >= 15 is 0 Å². The van der Waals surface area contributed by atoms with Gasteiger partial charge >= 0.3 is 0 Å². The quantitative estimate of drug-likeness (QED) is 0.365. The molecule has 118 valence electrons. The normalized spacial score (nSPS) is 10.5. The van der Waals surface area contributed by atoms with E-state index in [-0.39, 0.29) is 0 Å². The molecule has 0 aromatic heterocycles. The molecule has 0 amide bonds. The Morgan fingerprint density at radius 1 is 0.810 bits per heavy atom. The van der Waals surface area contributed by atoms with Gasteiger partial charge in [-0.05, 0) is 30.7 Å². The largest absolute Gasteiger partial charge is 0.385 e. The van der Waals surface area contributed by atoms with Crippen molar-refractivity contribution in [1.29, 1.82) is 0 Å². The van der Waals surface area contributed by atoms with E-state index in [0.717, 1.165) is 24.1 Å². The van der Waals surface area contributed by atoms with Crippen molar-refractivity contribution < 1.29 is 4.79 Å². The Bertz CT molecular complexity index is 358. The number of unbranched alkanes of at least 4 members (excludes halogenated alkanes) is 9. The van der Waals surface area contributed by atoms with Crippen molar-refractivity contribution >= 4 is 12.0 Å². The predicted octanol–water partition coefficient (Wildman–Crippen LogP) is 5.83. The van der Waals surface area contributed by atoms with Crippen LogP contribution < -0.4 is 5.32 Å². The number of benzene rings is 1. The van der Waals surface area contributed by atoms with Gasteiger partial charge in [-0.2, -0.15) is 0 Å². The average Bonchev–Trinajstić information content (AvgIpc) is 2.53. The lowest BCUT2D eigenvalue weighted by atomic mass is 10.1. The first kappa shape index (κ1) is 17.7. The maximum Gasteiger partial charge on any atom is 0.150 e. The lowest BCUT2D eigenvalue weighted by Gasteiger charge is -2.06. The van der Waals surface area contributed by atoms with E-state index in [1.54, 1.807) is 0 Å². The summed E-state index contributed by atoms with van der Waals surface area (Å²) in [7, 11) is 0. The van der Waals surface area contributed by atoms with Crippen LogP contribution in [0.1, 0.15) is 81.5 Å². The molecule has 1 rings (SSSR count). The van der Waals surface area contributed by atoms with Crippen LogP contribution >= 0.6 is 0 Å². The molecule has 0 unspecified atom stereocenters. The number of carbonyl (C=O) groups excluding carboxylic acids is 1. The molecule has 0 spiro atoms. The van der Waals surface area contributed by atoms with Gasteiger partial charge in [0.05, 0.1) is 0 Å². The lowest BCUT2D eigenvalue weighted by Crippen LogP contribution is -2.01. The molecule has 0 saturated carbocycles. The third kappa shape index (κ3) is 9.28. The van der Waals surface area contributed by atoms with Gasteiger partial charge in [-0.1, -0.05) is 64.7 Å². The highest BCUT2D eigenvalue weighted by molar-refractivity contribution is 5.75. The van der Waals surface area contributed by atoms with Crippen LogP contribution in [-0.4, -0.2) is 12.8 Å². The molecule has 0 fully saturated rings. The number of hydrogen-bond acceptors (Lipinski definition) is 2. The van der Waals surface area contributed by atoms with Gasteiger partial charge in [-0.15, -0.1) is 0 Å². The van der Waals surface area contributed by atoms with E-state index in [0.29, 0.717) is 0 Å². The number of carbonyl (C=O) groups is 1. The minimum Gasteiger partial charge on any atom is -0.385 e. The molecule has 0 aliphatic carbocycles. The summed E-state index contributed by atoms with van der Waals surface area (Å²) in [4.78, 5) is 10.6. The molecule has 1 aromatic carbocycles. The second kappa shape index (κ2) is 12.4. The average molecular weight is 289 g/mol. The van der Waals surface area contributed by atoms with Crippen LogP contribution in [0.5, 0.6) is 0 Å². The Kier molecular flexibility index (Phi) is 10.5. The molecular formula is C19H31NO. The highest BCUT2D eigenvalue weighted by Gasteiger charge is 1.94. The standard InChI is InChI=1S/C19H31NO/c1-2-3-4-5-6-7-8-9-10-11-16-20-19-14-12-18(17-21)13-15-19/h12-15,17,20H,2-11,16H2,1H3. The number of anilines is 1. The molecule has 2 heteroatoms. The van der Waals surface area contributed by atoms with E-state index in [2.05, 4.69) is 12.2 Å². The highest BCUT2D eigenvalue weighted by Crippen LogP contribution is 2.11. The maximum absolute atomic E-state index is 10.6. The number of nitrogens with one attached hydrogen (secondary N) is 1. The van der Waals surface area contributed by atoms with E-state index < -0.39 is 0 Å². The van der Waals surface area contributed by atoms with E-state index in [9.17, 15) is 4.79 Å². The Morgan fingerprint density at radius 2 is 1.33 bits per heavy atom. The Morgan fingerprint density at radius 3 is 1.86 bits per heavy atom. The first-order valence-corrected chi connectivity index (χ1v) is 8.66. The van der Waals surface area contributed by atoms with Crippen molar-refractivity contribution in [1.82, 2.24) is 0 Å². The molecule has 0 aliphatic heterocycles.